The van der Waals surface area contributed by atoms with E-state index in [4.69, 9.17) is 4.74 Å². The molecule has 0 aliphatic rings. The number of ketones is 1. The summed E-state index contributed by atoms with van der Waals surface area (Å²) < 4.78 is 6.41. The van der Waals surface area contributed by atoms with E-state index in [1.54, 1.807) is 18.4 Å². The van der Waals surface area contributed by atoms with Gasteiger partial charge in [-0.05, 0) is 33.1 Å². The third-order valence-corrected chi connectivity index (χ3v) is 3.31. The van der Waals surface area contributed by atoms with Crippen LogP contribution in [0, 0.1) is 6.92 Å². The Bertz CT molecular complexity index is 542. The van der Waals surface area contributed by atoms with Crippen LogP contribution in [0.3, 0.4) is 0 Å². The number of Topliss-reactive ketones (excluding diaryl/α,β-unsaturated/α-hetero) is 1. The van der Waals surface area contributed by atoms with Crippen LogP contribution in [-0.2, 0) is 16.1 Å². The van der Waals surface area contributed by atoms with Gasteiger partial charge in [-0.15, -0.1) is 0 Å². The van der Waals surface area contributed by atoms with Crippen molar-refractivity contribution in [2.24, 2.45) is 0 Å². The van der Waals surface area contributed by atoms with Crippen molar-refractivity contribution in [1.29, 1.82) is 0 Å². The summed E-state index contributed by atoms with van der Waals surface area (Å²) in [6, 6.07) is 0. The number of nitrogens with one attached hydrogen (secondary N) is 1. The molecule has 21 heavy (non-hydrogen) atoms. The smallest absolute Gasteiger partial charge is 0.326 e. The number of ether oxygens (including phenoxy) is 1. The Hall–Kier alpha value is -1.85. The molecule has 1 heterocycles. The zero-order valence-corrected chi connectivity index (χ0v) is 13.0. The lowest BCUT2D eigenvalue weighted by molar-refractivity contribution is -0.143. The predicted octanol–water partition coefficient (Wildman–Crippen LogP) is 2.20. The van der Waals surface area contributed by atoms with Gasteiger partial charge < -0.3 is 9.72 Å². The third kappa shape index (κ3) is 4.88. The van der Waals surface area contributed by atoms with Crippen LogP contribution in [0.2, 0.25) is 0 Å². The molecule has 0 unspecified atom stereocenters. The zero-order valence-electron chi connectivity index (χ0n) is 13.0. The third-order valence-electron chi connectivity index (χ3n) is 3.31. The molecular formula is C15H24N2O4. The molecule has 118 valence electrons. The number of hydrogen-bond donors (Lipinski definition) is 1. The molecule has 0 amide bonds. The fourth-order valence-electron chi connectivity index (χ4n) is 2.23. The van der Waals surface area contributed by atoms with Crippen molar-refractivity contribution >= 4 is 11.8 Å². The number of nitrogens with zero attached hydrogens (tertiary/aromatic N) is 1. The van der Waals surface area contributed by atoms with Gasteiger partial charge in [-0.2, -0.15) is 0 Å². The fourth-order valence-corrected chi connectivity index (χ4v) is 2.23. The summed E-state index contributed by atoms with van der Waals surface area (Å²) >= 11 is 0. The number of aromatic amines is 1. The molecule has 0 saturated carbocycles. The standard InChI is InChI=1S/C15H24N2O4/c1-4-10-17-11(3)14(16-15(17)20)12(18)8-6-7-9-13(19)21-5-2/h4-10H2,1-3H3,(H,16,20). The van der Waals surface area contributed by atoms with Gasteiger partial charge in [-0.25, -0.2) is 4.79 Å². The van der Waals surface area contributed by atoms with Crippen LogP contribution in [0.25, 0.3) is 0 Å². The first-order chi connectivity index (χ1) is 10.0. The van der Waals surface area contributed by atoms with E-state index >= 15 is 0 Å². The normalized spacial score (nSPS) is 10.6. The summed E-state index contributed by atoms with van der Waals surface area (Å²) in [7, 11) is 0. The lowest BCUT2D eigenvalue weighted by atomic mass is 10.1. The van der Waals surface area contributed by atoms with Crippen LogP contribution >= 0.6 is 0 Å². The van der Waals surface area contributed by atoms with Crippen LogP contribution in [0.15, 0.2) is 4.79 Å². The highest BCUT2D eigenvalue weighted by atomic mass is 16.5. The monoisotopic (exact) mass is 296 g/mol. The van der Waals surface area contributed by atoms with Crippen molar-refractivity contribution in [3.63, 3.8) is 0 Å². The molecular weight excluding hydrogens is 272 g/mol. The van der Waals surface area contributed by atoms with Crippen molar-refractivity contribution < 1.29 is 14.3 Å². The Morgan fingerprint density at radius 2 is 1.86 bits per heavy atom. The molecule has 0 bridgehead atoms. The van der Waals surface area contributed by atoms with E-state index in [0.29, 0.717) is 50.2 Å². The predicted molar refractivity (Wildman–Crippen MR) is 79.5 cm³/mol. The van der Waals surface area contributed by atoms with Crippen LogP contribution in [0.1, 0.15) is 62.1 Å². The Kier molecular flexibility index (Phi) is 6.91. The second-order valence-electron chi connectivity index (χ2n) is 4.98. The topological polar surface area (TPSA) is 81.2 Å². The van der Waals surface area contributed by atoms with Crippen molar-refractivity contribution in [3.8, 4) is 0 Å². The number of unbranched alkanes of at least 4 members (excludes halogenated alkanes) is 1. The summed E-state index contributed by atoms with van der Waals surface area (Å²) in [4.78, 5) is 37.7. The SMILES string of the molecule is CCCn1c(C)c(C(=O)CCCCC(=O)OCC)[nH]c1=O. The molecule has 0 atom stereocenters. The number of esters is 1. The molecule has 1 N–H and O–H groups in total. The average molecular weight is 296 g/mol. The van der Waals surface area contributed by atoms with E-state index in [1.165, 1.54) is 0 Å². The number of H-pyrrole nitrogens is 1. The number of carbonyl (C=O) groups excluding carboxylic acids is 2. The highest BCUT2D eigenvalue weighted by molar-refractivity contribution is 5.95. The second kappa shape index (κ2) is 8.44. The van der Waals surface area contributed by atoms with Gasteiger partial charge in [0.05, 0.1) is 6.61 Å². The maximum absolute atomic E-state index is 12.1. The number of hydrogen-bond acceptors (Lipinski definition) is 4. The lowest BCUT2D eigenvalue weighted by Crippen LogP contribution is -2.17. The van der Waals surface area contributed by atoms with Crippen LogP contribution in [-0.4, -0.2) is 27.9 Å². The first-order valence-electron chi connectivity index (χ1n) is 7.49. The maximum atomic E-state index is 12.1. The maximum Gasteiger partial charge on any atom is 0.326 e. The number of rotatable bonds is 9. The van der Waals surface area contributed by atoms with Crippen molar-refractivity contribution in [2.45, 2.75) is 59.4 Å². The molecule has 1 aromatic rings. The highest BCUT2D eigenvalue weighted by Crippen LogP contribution is 2.10. The number of aromatic nitrogens is 2. The summed E-state index contributed by atoms with van der Waals surface area (Å²) in [5.74, 6) is -0.313. The first kappa shape index (κ1) is 17.2. The number of imidazole rings is 1. The quantitative estimate of drug-likeness (QED) is 0.430. The summed E-state index contributed by atoms with van der Waals surface area (Å²) in [5.41, 5.74) is 0.853. The Balaban J connectivity index is 2.51. The van der Waals surface area contributed by atoms with Crippen molar-refractivity contribution in [3.05, 3.63) is 21.9 Å². The summed E-state index contributed by atoms with van der Waals surface area (Å²) in [6.07, 6.45) is 2.72. The van der Waals surface area contributed by atoms with Gasteiger partial charge in [-0.1, -0.05) is 6.92 Å². The van der Waals surface area contributed by atoms with Gasteiger partial charge in [-0.3, -0.25) is 14.2 Å². The van der Waals surface area contributed by atoms with Gasteiger partial charge >= 0.3 is 11.7 Å². The summed E-state index contributed by atoms with van der Waals surface area (Å²) in [6.45, 7) is 6.51. The molecule has 6 heteroatoms. The minimum absolute atomic E-state index is 0.0803. The van der Waals surface area contributed by atoms with Crippen LogP contribution in [0.4, 0.5) is 0 Å². The number of carbonyl (C=O) groups is 2. The Morgan fingerprint density at radius 3 is 2.48 bits per heavy atom. The van der Waals surface area contributed by atoms with E-state index in [-0.39, 0.29) is 17.4 Å². The first-order valence-corrected chi connectivity index (χ1v) is 7.49. The van der Waals surface area contributed by atoms with Crippen LogP contribution in [0.5, 0.6) is 0 Å². The molecule has 0 radical (unpaired) electrons. The molecule has 0 aliphatic heterocycles. The van der Waals surface area contributed by atoms with Gasteiger partial charge in [0.15, 0.2) is 5.78 Å². The van der Waals surface area contributed by atoms with Gasteiger partial charge in [0.2, 0.25) is 0 Å². The van der Waals surface area contributed by atoms with Gasteiger partial charge in [0.1, 0.15) is 5.69 Å². The molecule has 0 fully saturated rings. The molecule has 0 saturated heterocycles. The molecule has 6 nitrogen and oxygen atoms in total. The van der Waals surface area contributed by atoms with E-state index in [0.717, 1.165) is 6.42 Å². The molecule has 0 spiro atoms. The minimum Gasteiger partial charge on any atom is -0.466 e. The molecule has 0 aromatic carbocycles. The minimum atomic E-state index is -0.233. The Labute approximate surface area is 124 Å². The van der Waals surface area contributed by atoms with Gasteiger partial charge in [0.25, 0.3) is 0 Å². The molecule has 1 rings (SSSR count). The van der Waals surface area contributed by atoms with Gasteiger partial charge in [0, 0.05) is 25.1 Å². The van der Waals surface area contributed by atoms with Crippen molar-refractivity contribution in [1.82, 2.24) is 9.55 Å². The fraction of sp³-hybridized carbons (Fsp3) is 0.667. The van der Waals surface area contributed by atoms with Crippen LogP contribution < -0.4 is 5.69 Å². The van der Waals surface area contributed by atoms with E-state index in [9.17, 15) is 14.4 Å². The highest BCUT2D eigenvalue weighted by Gasteiger charge is 2.16. The zero-order chi connectivity index (χ0) is 15.8. The molecule has 0 aliphatic carbocycles. The van der Waals surface area contributed by atoms with E-state index < -0.39 is 0 Å². The second-order valence-corrected chi connectivity index (χ2v) is 4.98. The largest absolute Gasteiger partial charge is 0.466 e. The summed E-state index contributed by atoms with van der Waals surface area (Å²) in [5, 5.41) is 0. The van der Waals surface area contributed by atoms with E-state index in [2.05, 4.69) is 4.98 Å². The van der Waals surface area contributed by atoms with E-state index in [1.807, 2.05) is 6.92 Å². The average Bonchev–Trinajstić information content (AvgIpc) is 2.72. The lowest BCUT2D eigenvalue weighted by Gasteiger charge is -2.03. The van der Waals surface area contributed by atoms with Crippen molar-refractivity contribution in [2.75, 3.05) is 6.61 Å². The Morgan fingerprint density at radius 1 is 1.19 bits per heavy atom. The molecule has 1 aromatic heterocycles.